The quantitative estimate of drug-likeness (QED) is 0.869. The maximum Gasteiger partial charge on any atom is 0.191 e. The summed E-state index contributed by atoms with van der Waals surface area (Å²) >= 11 is 3.30. The van der Waals surface area contributed by atoms with Crippen LogP contribution in [0.4, 0.5) is 0 Å². The number of rotatable bonds is 4. The predicted molar refractivity (Wildman–Crippen MR) is 72.6 cm³/mol. The van der Waals surface area contributed by atoms with Crippen LogP contribution in [0.2, 0.25) is 0 Å². The molecule has 2 aromatic heterocycles. The Kier molecular flexibility index (Phi) is 5.38. The van der Waals surface area contributed by atoms with Gasteiger partial charge in [0.15, 0.2) is 5.16 Å². The molecule has 0 aromatic carbocycles. The van der Waals surface area contributed by atoms with Gasteiger partial charge in [-0.25, -0.2) is 4.98 Å². The van der Waals surface area contributed by atoms with E-state index in [4.69, 9.17) is 5.73 Å². The van der Waals surface area contributed by atoms with Gasteiger partial charge in [0.25, 0.3) is 0 Å². The molecule has 94 valence electrons. The lowest BCUT2D eigenvalue weighted by Gasteiger charge is -2.01. The third-order valence-electron chi connectivity index (χ3n) is 2.29. The Hall–Kier alpha value is -0.630. The molecule has 0 fully saturated rings. The van der Waals surface area contributed by atoms with Crippen molar-refractivity contribution in [3.63, 3.8) is 0 Å². The number of halogens is 1. The average molecular weight is 292 g/mol. The van der Waals surface area contributed by atoms with E-state index in [9.17, 15) is 0 Å². The van der Waals surface area contributed by atoms with Gasteiger partial charge in [0.1, 0.15) is 5.82 Å². The van der Waals surface area contributed by atoms with Crippen molar-refractivity contribution in [3.05, 3.63) is 21.9 Å². The van der Waals surface area contributed by atoms with E-state index in [1.165, 1.54) is 4.88 Å². The number of thiazole rings is 1. The number of hydrogen-bond donors (Lipinski definition) is 1. The van der Waals surface area contributed by atoms with Gasteiger partial charge in [-0.2, -0.15) is 0 Å². The Morgan fingerprint density at radius 2 is 2.24 bits per heavy atom. The fourth-order valence-corrected chi connectivity index (χ4v) is 2.89. The van der Waals surface area contributed by atoms with E-state index in [0.29, 0.717) is 6.54 Å². The smallest absolute Gasteiger partial charge is 0.191 e. The highest BCUT2D eigenvalue weighted by molar-refractivity contribution is 7.98. The molecular weight excluding hydrogens is 278 g/mol. The molecule has 0 spiro atoms. The van der Waals surface area contributed by atoms with Gasteiger partial charge in [0, 0.05) is 17.7 Å². The SMILES string of the molecule is Cc1scnc1CSc1nnc(CN)n1C.Cl. The lowest BCUT2D eigenvalue weighted by molar-refractivity contribution is 0.734. The average Bonchev–Trinajstić information content (AvgIpc) is 2.83. The Labute approximate surface area is 114 Å². The number of nitrogens with two attached hydrogens (primary N) is 1. The first-order valence-electron chi connectivity index (χ1n) is 4.82. The summed E-state index contributed by atoms with van der Waals surface area (Å²) in [5.41, 5.74) is 8.52. The van der Waals surface area contributed by atoms with E-state index in [0.717, 1.165) is 22.4 Å². The van der Waals surface area contributed by atoms with Crippen LogP contribution in [0.15, 0.2) is 10.7 Å². The molecule has 0 aliphatic heterocycles. The van der Waals surface area contributed by atoms with Crippen LogP contribution in [-0.4, -0.2) is 19.7 Å². The van der Waals surface area contributed by atoms with Crippen molar-refractivity contribution in [1.82, 2.24) is 19.7 Å². The van der Waals surface area contributed by atoms with Crippen LogP contribution < -0.4 is 5.73 Å². The summed E-state index contributed by atoms with van der Waals surface area (Å²) < 4.78 is 1.92. The summed E-state index contributed by atoms with van der Waals surface area (Å²) in [7, 11) is 1.93. The van der Waals surface area contributed by atoms with Crippen LogP contribution >= 0.6 is 35.5 Å². The van der Waals surface area contributed by atoms with Crippen LogP contribution in [-0.2, 0) is 19.3 Å². The predicted octanol–water partition coefficient (Wildman–Crippen LogP) is 1.75. The second-order valence-corrected chi connectivity index (χ2v) is 5.31. The fourth-order valence-electron chi connectivity index (χ4n) is 1.25. The lowest BCUT2D eigenvalue weighted by atomic mass is 10.4. The molecule has 0 saturated heterocycles. The molecule has 0 bridgehead atoms. The molecule has 17 heavy (non-hydrogen) atoms. The van der Waals surface area contributed by atoms with Crippen molar-refractivity contribution in [1.29, 1.82) is 0 Å². The highest BCUT2D eigenvalue weighted by atomic mass is 35.5. The van der Waals surface area contributed by atoms with Gasteiger partial charge >= 0.3 is 0 Å². The zero-order valence-corrected chi connectivity index (χ0v) is 12.0. The molecule has 0 unspecified atom stereocenters. The Balaban J connectivity index is 0.00000144. The Morgan fingerprint density at radius 1 is 1.47 bits per heavy atom. The van der Waals surface area contributed by atoms with Gasteiger partial charge in [0.2, 0.25) is 0 Å². The van der Waals surface area contributed by atoms with Gasteiger partial charge in [-0.1, -0.05) is 11.8 Å². The number of thioether (sulfide) groups is 1. The maximum atomic E-state index is 5.54. The van der Waals surface area contributed by atoms with Crippen LogP contribution in [0.5, 0.6) is 0 Å². The van der Waals surface area contributed by atoms with Gasteiger partial charge in [-0.15, -0.1) is 33.9 Å². The zero-order valence-electron chi connectivity index (χ0n) is 9.58. The van der Waals surface area contributed by atoms with E-state index in [1.54, 1.807) is 23.1 Å². The third-order valence-corrected chi connectivity index (χ3v) is 4.12. The summed E-state index contributed by atoms with van der Waals surface area (Å²) in [5.74, 6) is 1.63. The normalized spacial score (nSPS) is 10.3. The molecule has 0 radical (unpaired) electrons. The van der Waals surface area contributed by atoms with Gasteiger partial charge < -0.3 is 10.3 Å². The van der Waals surface area contributed by atoms with Crippen LogP contribution in [0.3, 0.4) is 0 Å². The van der Waals surface area contributed by atoms with Crippen molar-refractivity contribution in [2.75, 3.05) is 0 Å². The summed E-state index contributed by atoms with van der Waals surface area (Å²) in [6.07, 6.45) is 0. The van der Waals surface area contributed by atoms with Gasteiger partial charge in [0.05, 0.1) is 17.7 Å². The zero-order chi connectivity index (χ0) is 11.5. The molecule has 2 heterocycles. The minimum absolute atomic E-state index is 0. The number of aromatic nitrogens is 4. The third kappa shape index (κ3) is 3.19. The first-order chi connectivity index (χ1) is 7.72. The molecule has 0 aliphatic carbocycles. The van der Waals surface area contributed by atoms with E-state index >= 15 is 0 Å². The van der Waals surface area contributed by atoms with Crippen molar-refractivity contribution >= 4 is 35.5 Å². The highest BCUT2D eigenvalue weighted by Crippen LogP contribution is 2.23. The fraction of sp³-hybridized carbons (Fsp3) is 0.444. The summed E-state index contributed by atoms with van der Waals surface area (Å²) in [4.78, 5) is 5.56. The van der Waals surface area contributed by atoms with E-state index in [2.05, 4.69) is 22.1 Å². The van der Waals surface area contributed by atoms with Crippen molar-refractivity contribution < 1.29 is 0 Å². The second-order valence-electron chi connectivity index (χ2n) is 3.31. The van der Waals surface area contributed by atoms with Crippen LogP contribution in [0.1, 0.15) is 16.4 Å². The molecule has 0 amide bonds. The standard InChI is InChI=1S/C9H13N5S2.ClH/c1-6-7(11-5-16-6)4-15-9-13-12-8(3-10)14(9)2;/h5H,3-4,10H2,1-2H3;1H. The Morgan fingerprint density at radius 3 is 2.76 bits per heavy atom. The molecule has 2 aromatic rings. The summed E-state index contributed by atoms with van der Waals surface area (Å²) in [6.45, 7) is 2.50. The first-order valence-corrected chi connectivity index (χ1v) is 6.69. The van der Waals surface area contributed by atoms with Crippen molar-refractivity contribution in [2.45, 2.75) is 24.4 Å². The molecule has 8 heteroatoms. The molecule has 0 saturated carbocycles. The van der Waals surface area contributed by atoms with Crippen molar-refractivity contribution in [3.8, 4) is 0 Å². The summed E-state index contributed by atoms with van der Waals surface area (Å²) in [5, 5.41) is 8.98. The van der Waals surface area contributed by atoms with Gasteiger partial charge in [-0.05, 0) is 6.92 Å². The first kappa shape index (κ1) is 14.4. The van der Waals surface area contributed by atoms with Gasteiger partial charge in [-0.3, -0.25) is 0 Å². The Bertz CT molecular complexity index is 481. The minimum atomic E-state index is 0. The second kappa shape index (κ2) is 6.34. The molecular formula is C9H14ClN5S2. The monoisotopic (exact) mass is 291 g/mol. The molecule has 2 N–H and O–H groups in total. The van der Waals surface area contributed by atoms with E-state index in [-0.39, 0.29) is 12.4 Å². The molecule has 0 atom stereocenters. The molecule has 5 nitrogen and oxygen atoms in total. The van der Waals surface area contributed by atoms with Crippen LogP contribution in [0, 0.1) is 6.92 Å². The number of hydrogen-bond acceptors (Lipinski definition) is 6. The molecule has 2 rings (SSSR count). The minimum Gasteiger partial charge on any atom is -0.324 e. The van der Waals surface area contributed by atoms with Crippen molar-refractivity contribution in [2.24, 2.45) is 12.8 Å². The van der Waals surface area contributed by atoms with E-state index < -0.39 is 0 Å². The topological polar surface area (TPSA) is 69.6 Å². The largest absolute Gasteiger partial charge is 0.324 e. The number of nitrogens with zero attached hydrogens (tertiary/aromatic N) is 4. The highest BCUT2D eigenvalue weighted by Gasteiger charge is 2.09. The summed E-state index contributed by atoms with van der Waals surface area (Å²) in [6, 6.07) is 0. The van der Waals surface area contributed by atoms with E-state index in [1.807, 2.05) is 17.1 Å². The molecule has 0 aliphatic rings. The van der Waals surface area contributed by atoms with Crippen LogP contribution in [0.25, 0.3) is 0 Å². The lowest BCUT2D eigenvalue weighted by Crippen LogP contribution is -2.05. The number of aryl methyl sites for hydroxylation is 1. The maximum absolute atomic E-state index is 5.54.